The van der Waals surface area contributed by atoms with Crippen LogP contribution in [0.1, 0.15) is 5.56 Å². The predicted octanol–water partition coefficient (Wildman–Crippen LogP) is 2.94. The molecule has 1 aromatic carbocycles. The topological polar surface area (TPSA) is 48.1 Å². The van der Waals surface area contributed by atoms with Gasteiger partial charge in [-0.15, -0.1) is 0 Å². The average molecular weight is 249 g/mol. The largest absolute Gasteiger partial charge is 0.491 e. The zero-order chi connectivity index (χ0) is 12.1. The number of nitrogen functional groups attached to an aromatic ring is 1. The van der Waals surface area contributed by atoms with Crippen molar-refractivity contribution in [3.8, 4) is 5.75 Å². The van der Waals surface area contributed by atoms with Gasteiger partial charge in [0.15, 0.2) is 0 Å². The lowest BCUT2D eigenvalue weighted by molar-refractivity contribution is 0.323. The van der Waals surface area contributed by atoms with Gasteiger partial charge in [-0.25, -0.2) is 0 Å². The van der Waals surface area contributed by atoms with Crippen LogP contribution < -0.4 is 10.5 Å². The Bertz CT molecular complexity index is 488. The van der Waals surface area contributed by atoms with Gasteiger partial charge in [-0.1, -0.05) is 17.7 Å². The second-order valence-electron chi connectivity index (χ2n) is 3.64. The normalized spacial score (nSPS) is 10.2. The van der Waals surface area contributed by atoms with Gasteiger partial charge in [-0.2, -0.15) is 0 Å². The minimum atomic E-state index is 0.552. The minimum absolute atomic E-state index is 0.552. The Morgan fingerprint density at radius 1 is 1.29 bits per heavy atom. The Morgan fingerprint density at radius 3 is 2.94 bits per heavy atom. The molecule has 0 aliphatic carbocycles. The van der Waals surface area contributed by atoms with Crippen molar-refractivity contribution < 1.29 is 4.74 Å². The average Bonchev–Trinajstić information content (AvgIpc) is 2.35. The van der Waals surface area contributed by atoms with Crippen molar-refractivity contribution in [1.82, 2.24) is 4.98 Å². The number of halogens is 1. The molecule has 4 heteroatoms. The fraction of sp³-hybridized carbons (Fsp3) is 0.154. The van der Waals surface area contributed by atoms with Crippen LogP contribution in [0.3, 0.4) is 0 Å². The van der Waals surface area contributed by atoms with E-state index in [9.17, 15) is 0 Å². The van der Waals surface area contributed by atoms with Gasteiger partial charge in [0.05, 0.1) is 12.3 Å². The van der Waals surface area contributed by atoms with Crippen LogP contribution in [0.15, 0.2) is 42.7 Å². The van der Waals surface area contributed by atoms with E-state index >= 15 is 0 Å². The zero-order valence-electron chi connectivity index (χ0n) is 9.27. The van der Waals surface area contributed by atoms with Gasteiger partial charge >= 0.3 is 0 Å². The van der Waals surface area contributed by atoms with Crippen LogP contribution in [0.4, 0.5) is 5.69 Å². The summed E-state index contributed by atoms with van der Waals surface area (Å²) in [5, 5.41) is 0.621. The van der Waals surface area contributed by atoms with Crippen molar-refractivity contribution in [2.24, 2.45) is 0 Å². The first-order valence-electron chi connectivity index (χ1n) is 5.32. The van der Waals surface area contributed by atoms with Crippen molar-refractivity contribution in [2.75, 3.05) is 12.3 Å². The molecule has 3 nitrogen and oxygen atoms in total. The van der Waals surface area contributed by atoms with Crippen LogP contribution >= 0.6 is 11.6 Å². The Morgan fingerprint density at radius 2 is 2.18 bits per heavy atom. The molecule has 2 rings (SSSR count). The van der Waals surface area contributed by atoms with E-state index < -0.39 is 0 Å². The second kappa shape index (κ2) is 5.55. The molecule has 0 aliphatic rings. The molecule has 0 fully saturated rings. The third-order valence-electron chi connectivity index (χ3n) is 2.35. The van der Waals surface area contributed by atoms with Crippen molar-refractivity contribution >= 4 is 17.3 Å². The summed E-state index contributed by atoms with van der Waals surface area (Å²) < 4.78 is 5.58. The lowest BCUT2D eigenvalue weighted by Crippen LogP contribution is -2.03. The SMILES string of the molecule is Nc1ccc(Cl)cc1OCCc1cccnc1. The highest BCUT2D eigenvalue weighted by molar-refractivity contribution is 6.30. The fourth-order valence-corrected chi connectivity index (χ4v) is 1.62. The van der Waals surface area contributed by atoms with Crippen LogP contribution in [-0.2, 0) is 6.42 Å². The number of nitrogens with two attached hydrogens (primary N) is 1. The number of aromatic nitrogens is 1. The summed E-state index contributed by atoms with van der Waals surface area (Å²) in [7, 11) is 0. The summed E-state index contributed by atoms with van der Waals surface area (Å²) in [6, 6.07) is 9.12. The van der Waals surface area contributed by atoms with Gasteiger partial charge in [-0.05, 0) is 23.8 Å². The molecule has 0 amide bonds. The summed E-state index contributed by atoms with van der Waals surface area (Å²) >= 11 is 5.87. The Hall–Kier alpha value is -1.74. The first-order chi connectivity index (χ1) is 8.25. The number of ether oxygens (including phenoxy) is 1. The quantitative estimate of drug-likeness (QED) is 0.847. The maximum Gasteiger partial charge on any atom is 0.143 e. The van der Waals surface area contributed by atoms with Gasteiger partial charge in [0.25, 0.3) is 0 Å². The van der Waals surface area contributed by atoms with Crippen LogP contribution in [0, 0.1) is 0 Å². The third-order valence-corrected chi connectivity index (χ3v) is 2.58. The molecule has 0 saturated heterocycles. The van der Waals surface area contributed by atoms with E-state index in [1.54, 1.807) is 24.4 Å². The molecule has 0 aliphatic heterocycles. The van der Waals surface area contributed by atoms with Crippen molar-refractivity contribution in [3.63, 3.8) is 0 Å². The first kappa shape index (κ1) is 11.7. The number of pyridine rings is 1. The summed E-state index contributed by atoms with van der Waals surface area (Å²) in [4.78, 5) is 4.04. The number of nitrogens with zero attached hydrogens (tertiary/aromatic N) is 1. The highest BCUT2D eigenvalue weighted by atomic mass is 35.5. The molecule has 0 saturated carbocycles. The van der Waals surface area contributed by atoms with Gasteiger partial charge in [0.1, 0.15) is 5.75 Å². The lowest BCUT2D eigenvalue weighted by Gasteiger charge is -2.08. The monoisotopic (exact) mass is 248 g/mol. The second-order valence-corrected chi connectivity index (χ2v) is 4.08. The molecule has 0 atom stereocenters. The molecule has 0 radical (unpaired) electrons. The summed E-state index contributed by atoms with van der Waals surface area (Å²) in [6.07, 6.45) is 4.36. The number of anilines is 1. The zero-order valence-corrected chi connectivity index (χ0v) is 10.0. The molecule has 88 valence electrons. The van der Waals surface area contributed by atoms with Crippen LogP contribution in [0.5, 0.6) is 5.75 Å². The van der Waals surface area contributed by atoms with Crippen molar-refractivity contribution in [3.05, 3.63) is 53.3 Å². The maximum absolute atomic E-state index is 5.87. The van der Waals surface area contributed by atoms with Crippen molar-refractivity contribution in [2.45, 2.75) is 6.42 Å². The minimum Gasteiger partial charge on any atom is -0.491 e. The molecule has 1 aromatic heterocycles. The van der Waals surface area contributed by atoms with Gasteiger partial charge in [0, 0.05) is 29.9 Å². The standard InChI is InChI=1S/C13H13ClN2O/c14-11-3-4-12(15)13(8-11)17-7-5-10-2-1-6-16-9-10/h1-4,6,8-9H,5,7,15H2. The molecule has 2 aromatic rings. The van der Waals surface area contributed by atoms with E-state index in [-0.39, 0.29) is 0 Å². The predicted molar refractivity (Wildman–Crippen MR) is 69.3 cm³/mol. The fourth-order valence-electron chi connectivity index (χ4n) is 1.46. The molecular formula is C13H13ClN2O. The summed E-state index contributed by atoms with van der Waals surface area (Å²) in [5.74, 6) is 0.626. The number of hydrogen-bond donors (Lipinski definition) is 1. The van der Waals surface area contributed by atoms with E-state index in [2.05, 4.69) is 4.98 Å². The van der Waals surface area contributed by atoms with Gasteiger partial charge in [0.2, 0.25) is 0 Å². The van der Waals surface area contributed by atoms with Gasteiger partial charge in [-0.3, -0.25) is 4.98 Å². The molecule has 2 N–H and O–H groups in total. The van der Waals surface area contributed by atoms with Crippen molar-refractivity contribution in [1.29, 1.82) is 0 Å². The molecule has 0 bridgehead atoms. The van der Waals surface area contributed by atoms with E-state index in [0.717, 1.165) is 12.0 Å². The maximum atomic E-state index is 5.87. The Balaban J connectivity index is 1.92. The highest BCUT2D eigenvalue weighted by Crippen LogP contribution is 2.25. The molecule has 0 spiro atoms. The van der Waals surface area contributed by atoms with E-state index in [0.29, 0.717) is 23.1 Å². The van der Waals surface area contributed by atoms with Crippen LogP contribution in [-0.4, -0.2) is 11.6 Å². The smallest absolute Gasteiger partial charge is 0.143 e. The first-order valence-corrected chi connectivity index (χ1v) is 5.70. The van der Waals surface area contributed by atoms with E-state index in [1.165, 1.54) is 0 Å². The Labute approximate surface area is 105 Å². The van der Waals surface area contributed by atoms with Crippen LogP contribution in [0.25, 0.3) is 0 Å². The summed E-state index contributed by atoms with van der Waals surface area (Å²) in [5.41, 5.74) is 7.50. The third kappa shape index (κ3) is 3.36. The molecule has 0 unspecified atom stereocenters. The highest BCUT2D eigenvalue weighted by Gasteiger charge is 2.01. The van der Waals surface area contributed by atoms with E-state index in [4.69, 9.17) is 22.1 Å². The number of hydrogen-bond acceptors (Lipinski definition) is 3. The lowest BCUT2D eigenvalue weighted by atomic mass is 10.2. The molecule has 1 heterocycles. The molecule has 17 heavy (non-hydrogen) atoms. The Kier molecular flexibility index (Phi) is 3.83. The van der Waals surface area contributed by atoms with Crippen LogP contribution in [0.2, 0.25) is 5.02 Å². The van der Waals surface area contributed by atoms with E-state index in [1.807, 2.05) is 18.3 Å². The number of rotatable bonds is 4. The van der Waals surface area contributed by atoms with Gasteiger partial charge < -0.3 is 10.5 Å². The number of benzene rings is 1. The summed E-state index contributed by atoms with van der Waals surface area (Å²) in [6.45, 7) is 0.552. The molecular weight excluding hydrogens is 236 g/mol.